The number of aliphatic hydroxyl groups excluding tert-OH is 1. The molecule has 1 N–H and O–H groups in total. The lowest BCUT2D eigenvalue weighted by molar-refractivity contribution is -0.111. The van der Waals surface area contributed by atoms with Crippen LogP contribution in [0.15, 0.2) is 57.2 Å². The molecular formula is C25H15IO6. The molecule has 3 aliphatic rings. The van der Waals surface area contributed by atoms with Crippen molar-refractivity contribution >= 4 is 57.6 Å². The second-order valence-electron chi connectivity index (χ2n) is 8.21. The Hall–Kier alpha value is -3.33. The van der Waals surface area contributed by atoms with Crippen molar-refractivity contribution in [1.29, 1.82) is 0 Å². The van der Waals surface area contributed by atoms with E-state index in [1.54, 1.807) is 52.9 Å². The van der Waals surface area contributed by atoms with Gasteiger partial charge in [0.05, 0.1) is 14.7 Å². The SMILES string of the molecule is CC1(C)C=Cc2c(ccc3c2C(=O)C(=O)C(C2=C(I)C(=O)c4ccccc4C2=O)=C3O)O1. The van der Waals surface area contributed by atoms with E-state index in [0.29, 0.717) is 11.3 Å². The van der Waals surface area contributed by atoms with Gasteiger partial charge in [0.15, 0.2) is 5.78 Å². The van der Waals surface area contributed by atoms with E-state index in [9.17, 15) is 24.3 Å². The van der Waals surface area contributed by atoms with Crippen LogP contribution >= 0.6 is 22.6 Å². The Morgan fingerprint density at radius 2 is 1.47 bits per heavy atom. The summed E-state index contributed by atoms with van der Waals surface area (Å²) in [5.41, 5.74) is -0.399. The Morgan fingerprint density at radius 3 is 2.16 bits per heavy atom. The van der Waals surface area contributed by atoms with Crippen LogP contribution in [-0.4, -0.2) is 33.8 Å². The van der Waals surface area contributed by atoms with Crippen molar-refractivity contribution in [2.24, 2.45) is 0 Å². The number of allylic oxidation sites excluding steroid dienone is 3. The van der Waals surface area contributed by atoms with Crippen molar-refractivity contribution in [3.8, 4) is 5.75 Å². The number of rotatable bonds is 1. The standard InChI is InChI=1S/C25H15IO6/c1-25(2)10-9-13-15(32-25)8-7-14-16(13)23(30)24(31)18(21(14)28)17-19(26)22(29)12-6-4-3-5-11(12)20(17)27/h3-10,28H,1-2H3. The summed E-state index contributed by atoms with van der Waals surface area (Å²) in [5.74, 6) is -3.01. The van der Waals surface area contributed by atoms with E-state index >= 15 is 0 Å². The van der Waals surface area contributed by atoms with Crippen molar-refractivity contribution in [2.75, 3.05) is 0 Å². The van der Waals surface area contributed by atoms with E-state index in [1.807, 2.05) is 13.8 Å². The van der Waals surface area contributed by atoms with Gasteiger partial charge in [-0.25, -0.2) is 0 Å². The van der Waals surface area contributed by atoms with Gasteiger partial charge in [-0.2, -0.15) is 0 Å². The lowest BCUT2D eigenvalue weighted by atomic mass is 9.78. The normalized spacial score (nSPS) is 19.0. The number of benzene rings is 2. The maximum absolute atomic E-state index is 13.2. The fourth-order valence-corrected chi connectivity index (χ4v) is 4.97. The summed E-state index contributed by atoms with van der Waals surface area (Å²) in [6.07, 6.45) is 3.45. The first-order chi connectivity index (χ1) is 15.1. The smallest absolute Gasteiger partial charge is 0.238 e. The van der Waals surface area contributed by atoms with Gasteiger partial charge in [-0.05, 0) is 54.6 Å². The number of ether oxygens (including phenoxy) is 1. The minimum atomic E-state index is -1.04. The molecule has 0 saturated carbocycles. The molecule has 0 radical (unpaired) electrons. The largest absolute Gasteiger partial charge is 0.506 e. The third kappa shape index (κ3) is 2.77. The first-order valence-electron chi connectivity index (χ1n) is 9.79. The number of hydrogen-bond donors (Lipinski definition) is 1. The van der Waals surface area contributed by atoms with Crippen LogP contribution in [-0.2, 0) is 4.79 Å². The maximum Gasteiger partial charge on any atom is 0.238 e. The zero-order valence-corrected chi connectivity index (χ0v) is 19.1. The van der Waals surface area contributed by atoms with Crippen LogP contribution in [0.2, 0.25) is 0 Å². The van der Waals surface area contributed by atoms with Crippen LogP contribution in [0.3, 0.4) is 0 Å². The van der Waals surface area contributed by atoms with Crippen LogP contribution in [0.4, 0.5) is 0 Å². The van der Waals surface area contributed by atoms with E-state index in [4.69, 9.17) is 4.74 Å². The molecule has 32 heavy (non-hydrogen) atoms. The molecule has 0 aromatic heterocycles. The van der Waals surface area contributed by atoms with E-state index in [-0.39, 0.29) is 31.4 Å². The zero-order valence-electron chi connectivity index (χ0n) is 17.0. The molecule has 0 spiro atoms. The highest BCUT2D eigenvalue weighted by molar-refractivity contribution is 14.1. The monoisotopic (exact) mass is 538 g/mol. The molecule has 1 heterocycles. The molecule has 0 saturated heterocycles. The molecule has 0 unspecified atom stereocenters. The highest BCUT2D eigenvalue weighted by Gasteiger charge is 2.43. The number of carbonyl (C=O) groups is 4. The molecule has 2 aromatic carbocycles. The highest BCUT2D eigenvalue weighted by Crippen LogP contribution is 2.43. The van der Waals surface area contributed by atoms with Gasteiger partial charge in [0, 0.05) is 27.8 Å². The van der Waals surface area contributed by atoms with Gasteiger partial charge in [0.25, 0.3) is 0 Å². The van der Waals surface area contributed by atoms with E-state index in [1.165, 1.54) is 18.2 Å². The van der Waals surface area contributed by atoms with Crippen molar-refractivity contribution in [2.45, 2.75) is 19.4 Å². The second kappa shape index (κ2) is 6.83. The van der Waals surface area contributed by atoms with Gasteiger partial charge in [0.2, 0.25) is 17.3 Å². The summed E-state index contributed by atoms with van der Waals surface area (Å²) in [6, 6.07) is 9.36. The summed E-state index contributed by atoms with van der Waals surface area (Å²) in [4.78, 5) is 52.5. The zero-order chi connectivity index (χ0) is 22.9. The summed E-state index contributed by atoms with van der Waals surface area (Å²) in [6.45, 7) is 3.71. The van der Waals surface area contributed by atoms with Gasteiger partial charge in [-0.15, -0.1) is 0 Å². The maximum atomic E-state index is 13.2. The van der Waals surface area contributed by atoms with Gasteiger partial charge >= 0.3 is 0 Å². The molecule has 2 aliphatic carbocycles. The Labute approximate surface area is 196 Å². The lowest BCUT2D eigenvalue weighted by Crippen LogP contribution is -2.32. The second-order valence-corrected chi connectivity index (χ2v) is 9.29. The number of halogens is 1. The quantitative estimate of drug-likeness (QED) is 0.419. The molecular weight excluding hydrogens is 523 g/mol. The molecule has 7 heteroatoms. The first kappa shape index (κ1) is 20.6. The van der Waals surface area contributed by atoms with E-state index < -0.39 is 40.1 Å². The van der Waals surface area contributed by atoms with Crippen molar-refractivity contribution in [3.63, 3.8) is 0 Å². The van der Waals surface area contributed by atoms with Crippen LogP contribution in [0.25, 0.3) is 11.8 Å². The average Bonchev–Trinajstić information content (AvgIpc) is 2.77. The third-order valence-electron chi connectivity index (χ3n) is 5.69. The Bertz CT molecular complexity index is 1400. The van der Waals surface area contributed by atoms with E-state index in [2.05, 4.69) is 0 Å². The van der Waals surface area contributed by atoms with Crippen LogP contribution < -0.4 is 4.74 Å². The summed E-state index contributed by atoms with van der Waals surface area (Å²) in [5, 5.41) is 11.1. The Kier molecular flexibility index (Phi) is 4.39. The summed E-state index contributed by atoms with van der Waals surface area (Å²) >= 11 is 1.69. The number of hydrogen-bond acceptors (Lipinski definition) is 6. The summed E-state index contributed by atoms with van der Waals surface area (Å²) < 4.78 is 5.86. The molecule has 0 atom stereocenters. The van der Waals surface area contributed by atoms with Gasteiger partial charge < -0.3 is 9.84 Å². The first-order valence-corrected chi connectivity index (χ1v) is 10.9. The highest BCUT2D eigenvalue weighted by atomic mass is 127. The van der Waals surface area contributed by atoms with Crippen molar-refractivity contribution in [3.05, 3.63) is 85.0 Å². The Balaban J connectivity index is 1.76. The minimum Gasteiger partial charge on any atom is -0.506 e. The molecule has 5 rings (SSSR count). The Morgan fingerprint density at radius 1 is 0.812 bits per heavy atom. The van der Waals surface area contributed by atoms with Gasteiger partial charge in [-0.3, -0.25) is 19.2 Å². The number of Topliss-reactive ketones (excluding diaryl/α,β-unsaturated/α-hetero) is 4. The predicted molar refractivity (Wildman–Crippen MR) is 125 cm³/mol. The molecule has 1 aliphatic heterocycles. The molecule has 0 bridgehead atoms. The average molecular weight is 538 g/mol. The van der Waals surface area contributed by atoms with Crippen LogP contribution in [0, 0.1) is 0 Å². The lowest BCUT2D eigenvalue weighted by Gasteiger charge is -2.30. The number of aliphatic hydroxyl groups is 1. The van der Waals surface area contributed by atoms with Crippen molar-refractivity contribution in [1.82, 2.24) is 0 Å². The fraction of sp³-hybridized carbons (Fsp3) is 0.120. The molecule has 158 valence electrons. The number of fused-ring (bicyclic) bond motifs is 4. The third-order valence-corrected chi connectivity index (χ3v) is 6.72. The molecule has 0 fully saturated rings. The number of carbonyl (C=O) groups excluding carboxylic acids is 4. The topological polar surface area (TPSA) is 97.7 Å². The van der Waals surface area contributed by atoms with Crippen molar-refractivity contribution < 1.29 is 29.0 Å². The molecule has 6 nitrogen and oxygen atoms in total. The molecule has 2 aromatic rings. The predicted octanol–water partition coefficient (Wildman–Crippen LogP) is 4.67. The fourth-order valence-electron chi connectivity index (χ4n) is 4.17. The van der Waals surface area contributed by atoms with Crippen LogP contribution in [0.5, 0.6) is 5.75 Å². The summed E-state index contributed by atoms with van der Waals surface area (Å²) in [7, 11) is 0. The minimum absolute atomic E-state index is 0.0135. The van der Waals surface area contributed by atoms with Crippen LogP contribution in [0.1, 0.15) is 56.0 Å². The van der Waals surface area contributed by atoms with Gasteiger partial charge in [-0.1, -0.05) is 30.3 Å². The number of ketones is 4. The van der Waals surface area contributed by atoms with E-state index in [0.717, 1.165) is 0 Å². The van der Waals surface area contributed by atoms with Gasteiger partial charge in [0.1, 0.15) is 17.1 Å². The molecule has 0 amide bonds.